The molecule has 3 rings (SSSR count). The van der Waals surface area contributed by atoms with Gasteiger partial charge in [-0.05, 0) is 18.9 Å². The minimum atomic E-state index is -0.543. The third-order valence-electron chi connectivity index (χ3n) is 3.82. The maximum atomic E-state index is 12.6. The van der Waals surface area contributed by atoms with Gasteiger partial charge in [0.05, 0.1) is 23.5 Å². The van der Waals surface area contributed by atoms with E-state index in [1.54, 1.807) is 28.9 Å². The summed E-state index contributed by atoms with van der Waals surface area (Å²) in [7, 11) is 1.73. The first kappa shape index (κ1) is 13.3. The van der Waals surface area contributed by atoms with Crippen molar-refractivity contribution < 1.29 is 9.59 Å². The fourth-order valence-corrected chi connectivity index (χ4v) is 2.79. The molecule has 1 saturated heterocycles. The largest absolute Gasteiger partial charge is 0.365 e. The van der Waals surface area contributed by atoms with Crippen LogP contribution in [0.15, 0.2) is 18.5 Å². The molecular weight excluding hydrogens is 272 g/mol. The number of aromatic nitrogens is 4. The van der Waals surface area contributed by atoms with E-state index in [0.29, 0.717) is 23.5 Å². The van der Waals surface area contributed by atoms with Crippen LogP contribution in [0.3, 0.4) is 0 Å². The lowest BCUT2D eigenvalue weighted by atomic mass is 10.1. The van der Waals surface area contributed by atoms with Crippen molar-refractivity contribution in [2.24, 2.45) is 12.8 Å². The van der Waals surface area contributed by atoms with E-state index >= 15 is 0 Å². The molecule has 8 nitrogen and oxygen atoms in total. The third-order valence-corrected chi connectivity index (χ3v) is 3.82. The highest BCUT2D eigenvalue weighted by atomic mass is 16.2. The lowest BCUT2D eigenvalue weighted by Crippen LogP contribution is -2.33. The predicted molar refractivity (Wildman–Crippen MR) is 73.3 cm³/mol. The van der Waals surface area contributed by atoms with E-state index in [2.05, 4.69) is 15.3 Å². The van der Waals surface area contributed by atoms with Gasteiger partial charge in [-0.25, -0.2) is 0 Å². The summed E-state index contributed by atoms with van der Waals surface area (Å²) in [5.41, 5.74) is 6.81. The van der Waals surface area contributed by atoms with Crippen molar-refractivity contribution in [3.05, 3.63) is 35.4 Å². The van der Waals surface area contributed by atoms with Crippen molar-refractivity contribution in [2.75, 3.05) is 6.54 Å². The molecule has 0 unspecified atom stereocenters. The molecule has 0 radical (unpaired) electrons. The van der Waals surface area contributed by atoms with Crippen molar-refractivity contribution >= 4 is 11.8 Å². The van der Waals surface area contributed by atoms with Crippen molar-refractivity contribution in [1.29, 1.82) is 0 Å². The van der Waals surface area contributed by atoms with E-state index in [4.69, 9.17) is 5.73 Å². The molecular formula is C13H16N6O2. The first-order chi connectivity index (χ1) is 10.1. The fourth-order valence-electron chi connectivity index (χ4n) is 2.79. The van der Waals surface area contributed by atoms with Crippen LogP contribution >= 0.6 is 0 Å². The lowest BCUT2D eigenvalue weighted by molar-refractivity contribution is 0.0719. The van der Waals surface area contributed by atoms with Crippen LogP contribution in [0.4, 0.5) is 0 Å². The average Bonchev–Trinajstić information content (AvgIpc) is 3.17. The van der Waals surface area contributed by atoms with E-state index in [-0.39, 0.29) is 11.9 Å². The molecule has 2 aromatic rings. The number of aryl methyl sites for hydroxylation is 1. The Kier molecular flexibility index (Phi) is 3.20. The molecule has 1 aliphatic rings. The van der Waals surface area contributed by atoms with Gasteiger partial charge in [0.25, 0.3) is 11.8 Å². The van der Waals surface area contributed by atoms with Crippen LogP contribution in [-0.4, -0.2) is 43.2 Å². The molecule has 0 saturated carbocycles. The first-order valence-electron chi connectivity index (χ1n) is 6.71. The Morgan fingerprint density at radius 1 is 1.48 bits per heavy atom. The molecule has 21 heavy (non-hydrogen) atoms. The van der Waals surface area contributed by atoms with Gasteiger partial charge in [-0.2, -0.15) is 10.2 Å². The summed E-state index contributed by atoms with van der Waals surface area (Å²) in [6.45, 7) is 0.631. The number of rotatable bonds is 3. The normalized spacial score (nSPS) is 18.1. The number of nitrogens with two attached hydrogens (primary N) is 1. The number of hydrogen-bond acceptors (Lipinski definition) is 4. The van der Waals surface area contributed by atoms with Crippen molar-refractivity contribution in [2.45, 2.75) is 18.9 Å². The summed E-state index contributed by atoms with van der Waals surface area (Å²) >= 11 is 0. The number of primary amides is 1. The third kappa shape index (κ3) is 2.18. The minimum Gasteiger partial charge on any atom is -0.365 e. The lowest BCUT2D eigenvalue weighted by Gasteiger charge is -2.24. The Morgan fingerprint density at radius 2 is 2.29 bits per heavy atom. The SMILES string of the molecule is Cn1nccc1C(=O)N1CCC[C@@H]1c1[nH]ncc1C(N)=O. The Hall–Kier alpha value is -2.64. The van der Waals surface area contributed by atoms with E-state index in [1.807, 2.05) is 0 Å². The van der Waals surface area contributed by atoms with E-state index in [1.165, 1.54) is 6.20 Å². The number of carbonyl (C=O) groups excluding carboxylic acids is 2. The summed E-state index contributed by atoms with van der Waals surface area (Å²) in [6, 6.07) is 1.47. The van der Waals surface area contributed by atoms with Gasteiger partial charge in [0.15, 0.2) is 0 Å². The van der Waals surface area contributed by atoms with Crippen LogP contribution in [0.25, 0.3) is 0 Å². The number of nitrogens with zero attached hydrogens (tertiary/aromatic N) is 4. The van der Waals surface area contributed by atoms with Crippen molar-refractivity contribution in [1.82, 2.24) is 24.9 Å². The molecule has 1 fully saturated rings. The van der Waals surface area contributed by atoms with Crippen LogP contribution in [0.2, 0.25) is 0 Å². The minimum absolute atomic E-state index is 0.109. The van der Waals surface area contributed by atoms with E-state index in [0.717, 1.165) is 12.8 Å². The Bertz CT molecular complexity index is 688. The summed E-state index contributed by atoms with van der Waals surface area (Å²) in [5.74, 6) is -0.652. The zero-order valence-corrected chi connectivity index (χ0v) is 11.6. The molecule has 110 valence electrons. The molecule has 3 heterocycles. The number of amides is 2. The summed E-state index contributed by atoms with van der Waals surface area (Å²) in [6.07, 6.45) is 4.63. The van der Waals surface area contributed by atoms with Gasteiger partial charge in [-0.15, -0.1) is 0 Å². The second-order valence-corrected chi connectivity index (χ2v) is 5.06. The molecule has 2 amide bonds. The summed E-state index contributed by atoms with van der Waals surface area (Å²) in [5, 5.41) is 10.7. The van der Waals surface area contributed by atoms with Gasteiger partial charge >= 0.3 is 0 Å². The number of carbonyl (C=O) groups is 2. The van der Waals surface area contributed by atoms with Gasteiger partial charge in [0.2, 0.25) is 0 Å². The van der Waals surface area contributed by atoms with Crippen LogP contribution in [-0.2, 0) is 7.05 Å². The molecule has 2 aromatic heterocycles. The topological polar surface area (TPSA) is 110 Å². The van der Waals surface area contributed by atoms with Crippen molar-refractivity contribution in [3.63, 3.8) is 0 Å². The summed E-state index contributed by atoms with van der Waals surface area (Å²) < 4.78 is 1.54. The molecule has 0 aliphatic carbocycles. The quantitative estimate of drug-likeness (QED) is 0.841. The van der Waals surface area contributed by atoms with Crippen LogP contribution in [0.1, 0.15) is 45.4 Å². The number of hydrogen-bond donors (Lipinski definition) is 2. The smallest absolute Gasteiger partial charge is 0.272 e. The van der Waals surface area contributed by atoms with Crippen LogP contribution < -0.4 is 5.73 Å². The van der Waals surface area contributed by atoms with Gasteiger partial charge in [-0.3, -0.25) is 19.4 Å². The van der Waals surface area contributed by atoms with Gasteiger partial charge in [0, 0.05) is 19.8 Å². The Morgan fingerprint density at radius 3 is 2.95 bits per heavy atom. The number of likely N-dealkylation sites (tertiary alicyclic amines) is 1. The highest BCUT2D eigenvalue weighted by molar-refractivity contribution is 5.95. The maximum Gasteiger partial charge on any atom is 0.272 e. The predicted octanol–water partition coefficient (Wildman–Crippen LogP) is 0.219. The second-order valence-electron chi connectivity index (χ2n) is 5.06. The molecule has 1 aliphatic heterocycles. The maximum absolute atomic E-state index is 12.6. The summed E-state index contributed by atoms with van der Waals surface area (Å²) in [4.78, 5) is 25.8. The first-order valence-corrected chi connectivity index (χ1v) is 6.71. The Labute approximate surface area is 120 Å². The zero-order chi connectivity index (χ0) is 15.0. The number of nitrogens with one attached hydrogen (secondary N) is 1. The van der Waals surface area contributed by atoms with Crippen molar-refractivity contribution in [3.8, 4) is 0 Å². The molecule has 3 N–H and O–H groups in total. The molecule has 0 spiro atoms. The highest BCUT2D eigenvalue weighted by Crippen LogP contribution is 2.33. The van der Waals surface area contributed by atoms with Gasteiger partial charge in [0.1, 0.15) is 5.69 Å². The molecule has 0 aromatic carbocycles. The highest BCUT2D eigenvalue weighted by Gasteiger charge is 2.34. The van der Waals surface area contributed by atoms with Crippen LogP contribution in [0.5, 0.6) is 0 Å². The van der Waals surface area contributed by atoms with Crippen LogP contribution in [0, 0.1) is 0 Å². The molecule has 8 heteroatoms. The monoisotopic (exact) mass is 288 g/mol. The van der Waals surface area contributed by atoms with Gasteiger partial charge in [-0.1, -0.05) is 0 Å². The van der Waals surface area contributed by atoms with E-state index in [9.17, 15) is 9.59 Å². The Balaban J connectivity index is 1.93. The number of H-pyrrole nitrogens is 1. The second kappa shape index (κ2) is 5.04. The zero-order valence-electron chi connectivity index (χ0n) is 11.6. The fraction of sp³-hybridized carbons (Fsp3) is 0.385. The number of aromatic amines is 1. The van der Waals surface area contributed by atoms with Gasteiger partial charge < -0.3 is 10.6 Å². The molecule has 0 bridgehead atoms. The average molecular weight is 288 g/mol. The van der Waals surface area contributed by atoms with E-state index < -0.39 is 5.91 Å². The standard InChI is InChI=1S/C13H16N6O2/c1-18-10(4-5-16-18)13(21)19-6-2-3-9(19)11-8(12(14)20)7-15-17-11/h4-5,7,9H,2-3,6H2,1H3,(H2,14,20)(H,15,17)/t9-/m1/s1. The molecule has 1 atom stereocenters.